The molecule has 0 bridgehead atoms. The summed E-state index contributed by atoms with van der Waals surface area (Å²) in [5.74, 6) is 0.962. The fourth-order valence-corrected chi connectivity index (χ4v) is 4.94. The molecule has 0 spiro atoms. The number of ether oxygens (including phenoxy) is 1. The molecule has 4 aromatic rings. The lowest BCUT2D eigenvalue weighted by atomic mass is 9.80. The zero-order chi connectivity index (χ0) is 24.2. The molecule has 1 saturated heterocycles. The third-order valence-electron chi connectivity index (χ3n) is 6.39. The zero-order valence-corrected chi connectivity index (χ0v) is 20.4. The molecule has 1 aliphatic heterocycles. The van der Waals surface area contributed by atoms with Gasteiger partial charge in [-0.05, 0) is 41.8 Å². The molecule has 0 aliphatic carbocycles. The SMILES string of the molecule is O=C(OCc1ccccc1)N1CCC(c2nccn2-c2ccncc2)C(c2ccc(Cl)c(Cl)c2)C1. The third-order valence-corrected chi connectivity index (χ3v) is 7.13. The molecule has 3 heterocycles. The molecule has 0 N–H and O–H groups in total. The summed E-state index contributed by atoms with van der Waals surface area (Å²) in [4.78, 5) is 23.6. The van der Waals surface area contributed by atoms with Gasteiger partial charge in [0, 0.05) is 55.4 Å². The van der Waals surface area contributed by atoms with Crippen molar-refractivity contribution >= 4 is 29.3 Å². The highest BCUT2D eigenvalue weighted by molar-refractivity contribution is 6.42. The largest absolute Gasteiger partial charge is 0.445 e. The molecule has 1 amide bonds. The van der Waals surface area contributed by atoms with Crippen LogP contribution in [0.2, 0.25) is 10.0 Å². The molecule has 0 radical (unpaired) electrons. The van der Waals surface area contributed by atoms with E-state index in [1.807, 2.05) is 67.0 Å². The summed E-state index contributed by atoms with van der Waals surface area (Å²) in [5, 5.41) is 0.990. The number of carbonyl (C=O) groups excluding carboxylic acids is 1. The first-order chi connectivity index (χ1) is 17.1. The number of aromatic nitrogens is 3. The average Bonchev–Trinajstić information content (AvgIpc) is 3.39. The molecular weight excluding hydrogens is 483 g/mol. The second-order valence-electron chi connectivity index (χ2n) is 8.52. The lowest BCUT2D eigenvalue weighted by Gasteiger charge is -2.38. The summed E-state index contributed by atoms with van der Waals surface area (Å²) in [7, 11) is 0. The average molecular weight is 507 g/mol. The number of pyridine rings is 1. The zero-order valence-electron chi connectivity index (χ0n) is 18.9. The summed E-state index contributed by atoms with van der Waals surface area (Å²) in [6.07, 6.45) is 7.70. The van der Waals surface area contributed by atoms with Crippen molar-refractivity contribution in [2.24, 2.45) is 0 Å². The minimum atomic E-state index is -0.324. The van der Waals surface area contributed by atoms with Gasteiger partial charge in [-0.25, -0.2) is 9.78 Å². The van der Waals surface area contributed by atoms with Crippen molar-refractivity contribution in [1.82, 2.24) is 19.4 Å². The number of rotatable bonds is 5. The van der Waals surface area contributed by atoms with Crippen LogP contribution in [0.4, 0.5) is 4.79 Å². The van der Waals surface area contributed by atoms with Crippen LogP contribution in [0, 0.1) is 0 Å². The van der Waals surface area contributed by atoms with Crippen LogP contribution in [0.25, 0.3) is 5.69 Å². The standard InChI is InChI=1S/C27H24Cl2N4O2/c28-24-7-6-20(16-25(24)29)23-17-32(27(34)35-18-19-4-2-1-3-5-19)14-10-22(23)26-31-13-15-33(26)21-8-11-30-12-9-21/h1-9,11-13,15-16,22-23H,10,14,17-18H2. The fourth-order valence-electron chi connectivity index (χ4n) is 4.63. The van der Waals surface area contributed by atoms with Crippen molar-refractivity contribution < 1.29 is 9.53 Å². The Bertz CT molecular complexity index is 1300. The number of likely N-dealkylation sites (tertiary alicyclic amines) is 1. The van der Waals surface area contributed by atoms with Crippen molar-refractivity contribution in [3.05, 3.63) is 112 Å². The molecule has 8 heteroatoms. The Balaban J connectivity index is 1.42. The van der Waals surface area contributed by atoms with Gasteiger partial charge in [-0.15, -0.1) is 0 Å². The Morgan fingerprint density at radius 2 is 1.77 bits per heavy atom. The smallest absolute Gasteiger partial charge is 0.410 e. The molecule has 35 heavy (non-hydrogen) atoms. The number of halogens is 2. The van der Waals surface area contributed by atoms with Crippen LogP contribution in [0.3, 0.4) is 0 Å². The highest BCUT2D eigenvalue weighted by atomic mass is 35.5. The molecular formula is C27H24Cl2N4O2. The van der Waals surface area contributed by atoms with E-state index in [1.54, 1.807) is 23.4 Å². The molecule has 1 fully saturated rings. The van der Waals surface area contributed by atoms with E-state index in [1.165, 1.54) is 0 Å². The Hall–Kier alpha value is -3.35. The van der Waals surface area contributed by atoms with Gasteiger partial charge < -0.3 is 14.2 Å². The van der Waals surface area contributed by atoms with Crippen molar-refractivity contribution in [2.75, 3.05) is 13.1 Å². The molecule has 0 saturated carbocycles. The quantitative estimate of drug-likeness (QED) is 0.310. The maximum atomic E-state index is 13.0. The normalized spacial score (nSPS) is 17.8. The van der Waals surface area contributed by atoms with Crippen LogP contribution >= 0.6 is 23.2 Å². The Morgan fingerprint density at radius 1 is 0.971 bits per heavy atom. The van der Waals surface area contributed by atoms with Crippen LogP contribution < -0.4 is 0 Å². The monoisotopic (exact) mass is 506 g/mol. The Kier molecular flexibility index (Phi) is 7.02. The second kappa shape index (κ2) is 10.5. The van der Waals surface area contributed by atoms with Crippen LogP contribution in [0.15, 0.2) is 85.5 Å². The van der Waals surface area contributed by atoms with E-state index >= 15 is 0 Å². The summed E-state index contributed by atoms with van der Waals surface area (Å²) >= 11 is 12.6. The van der Waals surface area contributed by atoms with Gasteiger partial charge in [0.15, 0.2) is 0 Å². The van der Waals surface area contributed by atoms with Crippen molar-refractivity contribution in [3.8, 4) is 5.69 Å². The lowest BCUT2D eigenvalue weighted by Crippen LogP contribution is -2.42. The number of imidazole rings is 1. The third kappa shape index (κ3) is 5.19. The van der Waals surface area contributed by atoms with Gasteiger partial charge in [-0.2, -0.15) is 0 Å². The van der Waals surface area contributed by atoms with Crippen LogP contribution in [0.5, 0.6) is 0 Å². The van der Waals surface area contributed by atoms with Gasteiger partial charge in [0.05, 0.1) is 10.0 Å². The minimum Gasteiger partial charge on any atom is -0.445 e. The number of nitrogens with zero attached hydrogens (tertiary/aromatic N) is 4. The molecule has 2 aromatic carbocycles. The molecule has 6 nitrogen and oxygen atoms in total. The van der Waals surface area contributed by atoms with E-state index in [0.717, 1.165) is 29.1 Å². The van der Waals surface area contributed by atoms with E-state index in [-0.39, 0.29) is 24.5 Å². The first-order valence-corrected chi connectivity index (χ1v) is 12.2. The fraction of sp³-hybridized carbons (Fsp3) is 0.222. The van der Waals surface area contributed by atoms with Gasteiger partial charge in [-0.3, -0.25) is 4.98 Å². The predicted octanol–water partition coefficient (Wildman–Crippen LogP) is 6.48. The molecule has 2 atom stereocenters. The highest BCUT2D eigenvalue weighted by Gasteiger charge is 2.36. The van der Waals surface area contributed by atoms with Crippen molar-refractivity contribution in [1.29, 1.82) is 0 Å². The number of hydrogen-bond donors (Lipinski definition) is 0. The van der Waals surface area contributed by atoms with Gasteiger partial charge >= 0.3 is 6.09 Å². The Labute approximate surface area is 214 Å². The van der Waals surface area contributed by atoms with E-state index in [9.17, 15) is 4.79 Å². The summed E-state index contributed by atoms with van der Waals surface area (Å²) in [5.41, 5.74) is 2.95. The van der Waals surface area contributed by atoms with Crippen LogP contribution in [0.1, 0.15) is 35.2 Å². The first kappa shape index (κ1) is 23.4. The number of piperidine rings is 1. The molecule has 1 aliphatic rings. The van der Waals surface area contributed by atoms with Crippen LogP contribution in [-0.4, -0.2) is 38.6 Å². The maximum Gasteiger partial charge on any atom is 0.410 e. The van der Waals surface area contributed by atoms with Crippen molar-refractivity contribution in [2.45, 2.75) is 24.9 Å². The Morgan fingerprint density at radius 3 is 2.54 bits per heavy atom. The second-order valence-corrected chi connectivity index (χ2v) is 9.34. The van der Waals surface area contributed by atoms with Gasteiger partial charge in [0.25, 0.3) is 0 Å². The van der Waals surface area contributed by atoms with Crippen LogP contribution in [-0.2, 0) is 11.3 Å². The van der Waals surface area contributed by atoms with Gasteiger partial charge in [0.1, 0.15) is 12.4 Å². The lowest BCUT2D eigenvalue weighted by molar-refractivity contribution is 0.0820. The van der Waals surface area contributed by atoms with Gasteiger partial charge in [0.2, 0.25) is 0 Å². The number of benzene rings is 2. The van der Waals surface area contributed by atoms with E-state index in [0.29, 0.717) is 23.1 Å². The molecule has 5 rings (SSSR count). The minimum absolute atomic E-state index is 0.0363. The molecule has 2 unspecified atom stereocenters. The highest BCUT2D eigenvalue weighted by Crippen LogP contribution is 2.41. The number of amides is 1. The summed E-state index contributed by atoms with van der Waals surface area (Å²) < 4.78 is 7.71. The van der Waals surface area contributed by atoms with Crippen molar-refractivity contribution in [3.63, 3.8) is 0 Å². The maximum absolute atomic E-state index is 13.0. The summed E-state index contributed by atoms with van der Waals surface area (Å²) in [6.45, 7) is 1.29. The first-order valence-electron chi connectivity index (χ1n) is 11.4. The van der Waals surface area contributed by atoms with E-state index in [2.05, 4.69) is 9.55 Å². The number of hydrogen-bond acceptors (Lipinski definition) is 4. The predicted molar refractivity (Wildman–Crippen MR) is 136 cm³/mol. The topological polar surface area (TPSA) is 60.2 Å². The molecule has 2 aromatic heterocycles. The molecule has 178 valence electrons. The van der Waals surface area contributed by atoms with Gasteiger partial charge in [-0.1, -0.05) is 59.6 Å². The van der Waals surface area contributed by atoms with E-state index < -0.39 is 0 Å². The summed E-state index contributed by atoms with van der Waals surface area (Å²) in [6, 6.07) is 19.3. The van der Waals surface area contributed by atoms with E-state index in [4.69, 9.17) is 32.9 Å². The number of carbonyl (C=O) groups is 1.